The van der Waals surface area contributed by atoms with Gasteiger partial charge in [0.2, 0.25) is 0 Å². The summed E-state index contributed by atoms with van der Waals surface area (Å²) in [6.45, 7) is 4.25. The highest BCUT2D eigenvalue weighted by atomic mass is 16.5. The fourth-order valence-electron chi connectivity index (χ4n) is 4.02. The fraction of sp³-hybridized carbons (Fsp3) is 0.704. The Labute approximate surface area is 194 Å². The molecule has 32 heavy (non-hydrogen) atoms. The van der Waals surface area contributed by atoms with Gasteiger partial charge in [0.25, 0.3) is 0 Å². The zero-order valence-electron chi connectivity index (χ0n) is 20.2. The number of unbranched alkanes of at least 4 members (excludes halogenated alkanes) is 6. The van der Waals surface area contributed by atoms with Crippen LogP contribution < -0.4 is 0 Å². The van der Waals surface area contributed by atoms with Crippen LogP contribution in [0.4, 0.5) is 0 Å². The predicted octanol–water partition coefficient (Wildman–Crippen LogP) is 7.07. The molecule has 0 bridgehead atoms. The molecule has 0 fully saturated rings. The van der Waals surface area contributed by atoms with E-state index in [9.17, 15) is 9.59 Å². The van der Waals surface area contributed by atoms with E-state index in [1.807, 2.05) is 18.2 Å². The number of hydrogen-bond acceptors (Lipinski definition) is 4. The van der Waals surface area contributed by atoms with E-state index in [1.54, 1.807) is 0 Å². The Balaban J connectivity index is 2.33. The van der Waals surface area contributed by atoms with Crippen LogP contribution in [0.2, 0.25) is 0 Å². The lowest BCUT2D eigenvalue weighted by Crippen LogP contribution is -2.17. The van der Waals surface area contributed by atoms with Gasteiger partial charge in [-0.15, -0.1) is 0 Å². The van der Waals surface area contributed by atoms with Crippen LogP contribution in [0.3, 0.4) is 0 Å². The number of carboxylic acid groups (broad SMARTS) is 1. The number of esters is 1. The van der Waals surface area contributed by atoms with Crippen molar-refractivity contribution >= 4 is 11.9 Å². The molecule has 0 aliphatic carbocycles. The lowest BCUT2D eigenvalue weighted by atomic mass is 10.0. The minimum absolute atomic E-state index is 0.0438. The third kappa shape index (κ3) is 15.9. The van der Waals surface area contributed by atoms with Gasteiger partial charge in [0.15, 0.2) is 0 Å². The van der Waals surface area contributed by atoms with Crippen molar-refractivity contribution in [2.45, 2.75) is 123 Å². The molecule has 0 heterocycles. The van der Waals surface area contributed by atoms with Crippen molar-refractivity contribution in [2.75, 3.05) is 0 Å². The molecular weight excluding hydrogens is 404 g/mol. The van der Waals surface area contributed by atoms with Gasteiger partial charge < -0.3 is 14.6 Å². The van der Waals surface area contributed by atoms with Gasteiger partial charge in [-0.1, -0.05) is 82.2 Å². The Bertz CT molecular complexity index is 601. The van der Waals surface area contributed by atoms with Crippen molar-refractivity contribution in [1.82, 2.24) is 0 Å². The summed E-state index contributed by atoms with van der Waals surface area (Å²) in [4.78, 5) is 21.8. The second kappa shape index (κ2) is 18.7. The van der Waals surface area contributed by atoms with Crippen LogP contribution in [0.25, 0.3) is 0 Å². The van der Waals surface area contributed by atoms with Gasteiger partial charge in [0.1, 0.15) is 6.10 Å². The van der Waals surface area contributed by atoms with Crippen molar-refractivity contribution in [1.29, 1.82) is 0 Å². The van der Waals surface area contributed by atoms with E-state index in [0.29, 0.717) is 6.61 Å². The molecule has 0 spiro atoms. The van der Waals surface area contributed by atoms with E-state index < -0.39 is 5.97 Å². The number of ether oxygens (including phenoxy) is 2. The summed E-state index contributed by atoms with van der Waals surface area (Å²) in [6, 6.07) is 10.3. The molecule has 1 N–H and O–H groups in total. The van der Waals surface area contributed by atoms with Gasteiger partial charge in [-0.25, -0.2) is 0 Å². The van der Waals surface area contributed by atoms with Crippen LogP contribution in [0, 0.1) is 0 Å². The van der Waals surface area contributed by atoms with Crippen molar-refractivity contribution in [3.63, 3.8) is 0 Å². The summed E-state index contributed by atoms with van der Waals surface area (Å²) in [5.41, 5.74) is 1.20. The highest BCUT2D eigenvalue weighted by Gasteiger charge is 2.13. The third-order valence-electron chi connectivity index (χ3n) is 5.74. The summed E-state index contributed by atoms with van der Waals surface area (Å²) in [5.74, 6) is -0.882. The van der Waals surface area contributed by atoms with E-state index in [2.05, 4.69) is 19.1 Å². The number of benzene rings is 1. The Kier molecular flexibility index (Phi) is 16.4. The monoisotopic (exact) mass is 448 g/mol. The van der Waals surface area contributed by atoms with Gasteiger partial charge in [-0.05, 0) is 44.1 Å². The molecule has 0 aliphatic rings. The third-order valence-corrected chi connectivity index (χ3v) is 5.74. The Morgan fingerprint density at radius 3 is 1.97 bits per heavy atom. The summed E-state index contributed by atoms with van der Waals surface area (Å²) in [5, 5.41) is 8.70. The molecule has 182 valence electrons. The average Bonchev–Trinajstić information content (AvgIpc) is 2.76. The number of carboxylic acids is 1. The van der Waals surface area contributed by atoms with Crippen LogP contribution in [0.15, 0.2) is 30.3 Å². The van der Waals surface area contributed by atoms with Crippen LogP contribution in [-0.2, 0) is 25.7 Å². The zero-order chi connectivity index (χ0) is 23.4. The van der Waals surface area contributed by atoms with E-state index in [-0.39, 0.29) is 24.6 Å². The van der Waals surface area contributed by atoms with Gasteiger partial charge >= 0.3 is 11.9 Å². The largest absolute Gasteiger partial charge is 0.481 e. The molecular formula is C27H44O5. The second-order valence-corrected chi connectivity index (χ2v) is 8.78. The van der Waals surface area contributed by atoms with Crippen molar-refractivity contribution in [3.8, 4) is 0 Å². The van der Waals surface area contributed by atoms with Crippen LogP contribution in [0.5, 0.6) is 0 Å². The van der Waals surface area contributed by atoms with E-state index in [4.69, 9.17) is 14.6 Å². The number of rotatable bonds is 20. The normalized spacial score (nSPS) is 12.9. The summed E-state index contributed by atoms with van der Waals surface area (Å²) < 4.78 is 11.7. The van der Waals surface area contributed by atoms with Crippen LogP contribution >= 0.6 is 0 Å². The number of carbonyl (C=O) groups excluding carboxylic acids is 1. The smallest absolute Gasteiger partial charge is 0.303 e. The molecule has 1 rings (SSSR count). The van der Waals surface area contributed by atoms with Crippen LogP contribution in [0.1, 0.15) is 109 Å². The maximum Gasteiger partial charge on any atom is 0.303 e. The van der Waals surface area contributed by atoms with Crippen molar-refractivity contribution in [2.24, 2.45) is 0 Å². The fourth-order valence-corrected chi connectivity index (χ4v) is 4.02. The second-order valence-electron chi connectivity index (χ2n) is 8.78. The van der Waals surface area contributed by atoms with Crippen LogP contribution in [-0.4, -0.2) is 29.3 Å². The Hall–Kier alpha value is -1.88. The summed E-state index contributed by atoms with van der Waals surface area (Å²) in [6.07, 6.45) is 14.0. The lowest BCUT2D eigenvalue weighted by Gasteiger charge is -2.20. The number of hydrogen-bond donors (Lipinski definition) is 1. The first-order chi connectivity index (χ1) is 15.5. The van der Waals surface area contributed by atoms with E-state index in [0.717, 1.165) is 77.0 Å². The first-order valence-corrected chi connectivity index (χ1v) is 12.6. The first-order valence-electron chi connectivity index (χ1n) is 12.6. The lowest BCUT2D eigenvalue weighted by molar-refractivity contribution is -0.147. The summed E-state index contributed by atoms with van der Waals surface area (Å²) >= 11 is 0. The molecule has 2 atom stereocenters. The highest BCUT2D eigenvalue weighted by Crippen LogP contribution is 2.19. The molecule has 0 aromatic heterocycles. The minimum Gasteiger partial charge on any atom is -0.481 e. The van der Waals surface area contributed by atoms with E-state index in [1.165, 1.54) is 18.9 Å². The quantitative estimate of drug-likeness (QED) is 0.171. The maximum atomic E-state index is 11.3. The molecule has 0 saturated carbocycles. The molecule has 1 aromatic rings. The van der Waals surface area contributed by atoms with Gasteiger partial charge in [0.05, 0.1) is 12.7 Å². The Morgan fingerprint density at radius 1 is 0.812 bits per heavy atom. The van der Waals surface area contributed by atoms with Gasteiger partial charge in [-0.2, -0.15) is 0 Å². The molecule has 1 aromatic carbocycles. The molecule has 0 saturated heterocycles. The van der Waals surface area contributed by atoms with Crippen molar-refractivity contribution in [3.05, 3.63) is 35.9 Å². The van der Waals surface area contributed by atoms with Gasteiger partial charge in [-0.3, -0.25) is 9.59 Å². The average molecular weight is 449 g/mol. The molecule has 5 nitrogen and oxygen atoms in total. The molecule has 0 radical (unpaired) electrons. The Morgan fingerprint density at radius 2 is 1.38 bits per heavy atom. The number of carbonyl (C=O) groups is 2. The van der Waals surface area contributed by atoms with E-state index >= 15 is 0 Å². The van der Waals surface area contributed by atoms with Crippen molar-refractivity contribution < 1.29 is 24.2 Å². The number of aliphatic carboxylic acids is 1. The molecule has 0 aliphatic heterocycles. The highest BCUT2D eigenvalue weighted by molar-refractivity contribution is 5.66. The SMILES string of the molecule is CCCC(CCCCC(CCCCCCCCC(=O)O)OCc1ccccc1)OC(C)=O. The zero-order valence-corrected chi connectivity index (χ0v) is 20.2. The minimum atomic E-state index is -0.697. The van der Waals surface area contributed by atoms with Gasteiger partial charge in [0, 0.05) is 13.3 Å². The predicted molar refractivity (Wildman–Crippen MR) is 129 cm³/mol. The standard InChI is InChI=1S/C27H44O5/c1-3-15-26(32-23(2)28)20-14-13-19-25(31-22-24-16-9-8-10-17-24)18-11-6-4-5-7-12-21-27(29)30/h8-10,16-17,25-26H,3-7,11-15,18-22H2,1-2H3,(H,29,30). The maximum absolute atomic E-state index is 11.3. The first kappa shape index (κ1) is 28.2. The molecule has 0 amide bonds. The summed E-state index contributed by atoms with van der Waals surface area (Å²) in [7, 11) is 0. The molecule has 2 unspecified atom stereocenters. The topological polar surface area (TPSA) is 72.8 Å². The molecule has 5 heteroatoms.